The fourth-order valence-electron chi connectivity index (χ4n) is 2.25. The van der Waals surface area contributed by atoms with Crippen molar-refractivity contribution in [2.45, 2.75) is 0 Å². The van der Waals surface area contributed by atoms with E-state index in [1.54, 1.807) is 54.7 Å². The van der Waals surface area contributed by atoms with Crippen LogP contribution >= 0.6 is 0 Å². The van der Waals surface area contributed by atoms with Crippen molar-refractivity contribution in [3.05, 3.63) is 84.2 Å². The lowest BCUT2D eigenvalue weighted by molar-refractivity contribution is 0.101. The number of aromatic nitrogens is 1. The Morgan fingerprint density at radius 1 is 0.800 bits per heavy atom. The van der Waals surface area contributed by atoms with E-state index in [0.717, 1.165) is 0 Å². The second kappa shape index (κ2) is 7.27. The van der Waals surface area contributed by atoms with Crippen molar-refractivity contribution >= 4 is 23.2 Å². The van der Waals surface area contributed by atoms with Crippen LogP contribution in [-0.4, -0.2) is 21.9 Å². The molecule has 0 saturated heterocycles. The summed E-state index contributed by atoms with van der Waals surface area (Å²) in [6.07, 6.45) is 3.04. The van der Waals surface area contributed by atoms with Crippen LogP contribution < -0.4 is 10.6 Å². The highest BCUT2D eigenvalue weighted by molar-refractivity contribution is 6.10. The van der Waals surface area contributed by atoms with Gasteiger partial charge in [-0.15, -0.1) is 0 Å². The Balaban J connectivity index is 1.81. The summed E-state index contributed by atoms with van der Waals surface area (Å²) in [7, 11) is 0. The number of phenols is 1. The molecule has 0 saturated carbocycles. The van der Waals surface area contributed by atoms with Gasteiger partial charge in [0.1, 0.15) is 5.75 Å². The average Bonchev–Trinajstić information content (AvgIpc) is 2.64. The van der Waals surface area contributed by atoms with Crippen molar-refractivity contribution < 1.29 is 14.7 Å². The summed E-state index contributed by atoms with van der Waals surface area (Å²) in [5.41, 5.74) is 1.42. The molecule has 0 unspecified atom stereocenters. The summed E-state index contributed by atoms with van der Waals surface area (Å²) in [5, 5.41) is 15.2. The average molecular weight is 333 g/mol. The number of nitrogens with zero attached hydrogens (tertiary/aromatic N) is 1. The van der Waals surface area contributed by atoms with Gasteiger partial charge in [-0.3, -0.25) is 14.6 Å². The lowest BCUT2D eigenvalue weighted by Crippen LogP contribution is -2.17. The molecular formula is C19H15N3O3. The van der Waals surface area contributed by atoms with Crippen molar-refractivity contribution in [3.63, 3.8) is 0 Å². The van der Waals surface area contributed by atoms with Gasteiger partial charge in [0.2, 0.25) is 0 Å². The number of phenolic OH excluding ortho intramolecular Hbond substituents is 1. The topological polar surface area (TPSA) is 91.3 Å². The Bertz CT molecular complexity index is 911. The first-order valence-corrected chi connectivity index (χ1v) is 7.55. The minimum Gasteiger partial charge on any atom is -0.507 e. The second-order valence-corrected chi connectivity index (χ2v) is 5.21. The minimum absolute atomic E-state index is 0.114. The normalized spacial score (nSPS) is 10.1. The molecule has 0 bridgehead atoms. The molecule has 2 aromatic carbocycles. The monoisotopic (exact) mass is 333 g/mol. The Morgan fingerprint density at radius 2 is 1.44 bits per heavy atom. The van der Waals surface area contributed by atoms with Crippen molar-refractivity contribution in [1.82, 2.24) is 4.98 Å². The Hall–Kier alpha value is -3.67. The molecule has 1 aromatic heterocycles. The number of benzene rings is 2. The first kappa shape index (κ1) is 16.2. The van der Waals surface area contributed by atoms with E-state index < -0.39 is 5.91 Å². The number of pyridine rings is 1. The summed E-state index contributed by atoms with van der Waals surface area (Å²) >= 11 is 0. The van der Waals surface area contributed by atoms with Gasteiger partial charge in [-0.2, -0.15) is 0 Å². The van der Waals surface area contributed by atoms with Gasteiger partial charge < -0.3 is 15.7 Å². The molecule has 0 aliphatic rings. The van der Waals surface area contributed by atoms with Crippen molar-refractivity contribution in [2.24, 2.45) is 0 Å². The molecule has 2 amide bonds. The van der Waals surface area contributed by atoms with Gasteiger partial charge in [0, 0.05) is 12.4 Å². The standard InChI is InChI=1S/C19H15N3O3/c23-17-10-4-1-7-14(17)19(25)22-16-9-3-2-8-15(16)21-18(24)13-6-5-11-20-12-13/h1-12,23H,(H,21,24)(H,22,25). The zero-order valence-corrected chi connectivity index (χ0v) is 13.1. The SMILES string of the molecule is O=C(Nc1ccccc1NC(=O)c1ccccc1O)c1cccnc1. The third kappa shape index (κ3) is 3.81. The molecule has 3 aromatic rings. The Morgan fingerprint density at radius 3 is 2.08 bits per heavy atom. The smallest absolute Gasteiger partial charge is 0.259 e. The summed E-state index contributed by atoms with van der Waals surface area (Å²) in [6, 6.07) is 16.4. The van der Waals surface area contributed by atoms with Crippen molar-refractivity contribution in [3.8, 4) is 5.75 Å². The quantitative estimate of drug-likeness (QED) is 0.683. The van der Waals surface area contributed by atoms with Crippen LogP contribution in [0.25, 0.3) is 0 Å². The molecule has 0 aliphatic carbocycles. The van der Waals surface area contributed by atoms with E-state index in [1.165, 1.54) is 18.3 Å². The predicted molar refractivity (Wildman–Crippen MR) is 94.7 cm³/mol. The van der Waals surface area contributed by atoms with E-state index in [9.17, 15) is 14.7 Å². The zero-order chi connectivity index (χ0) is 17.6. The van der Waals surface area contributed by atoms with E-state index in [0.29, 0.717) is 16.9 Å². The third-order valence-corrected chi connectivity index (χ3v) is 3.50. The largest absolute Gasteiger partial charge is 0.507 e. The van der Waals surface area contributed by atoms with Crippen molar-refractivity contribution in [1.29, 1.82) is 0 Å². The number of rotatable bonds is 4. The van der Waals surface area contributed by atoms with Crippen LogP contribution in [0.4, 0.5) is 11.4 Å². The van der Waals surface area contributed by atoms with Gasteiger partial charge in [-0.25, -0.2) is 0 Å². The highest BCUT2D eigenvalue weighted by Gasteiger charge is 2.14. The maximum Gasteiger partial charge on any atom is 0.259 e. The molecule has 1 heterocycles. The first-order chi connectivity index (χ1) is 12.1. The predicted octanol–water partition coefficient (Wildman–Crippen LogP) is 3.29. The highest BCUT2D eigenvalue weighted by Crippen LogP contribution is 2.24. The van der Waals surface area contributed by atoms with E-state index >= 15 is 0 Å². The van der Waals surface area contributed by atoms with Crippen LogP contribution in [0.2, 0.25) is 0 Å². The first-order valence-electron chi connectivity index (χ1n) is 7.55. The number of carbonyl (C=O) groups is 2. The number of aromatic hydroxyl groups is 1. The number of para-hydroxylation sites is 3. The van der Waals surface area contributed by atoms with Gasteiger partial charge in [0.15, 0.2) is 0 Å². The van der Waals surface area contributed by atoms with E-state index in [-0.39, 0.29) is 17.2 Å². The molecule has 6 nitrogen and oxygen atoms in total. The van der Waals surface area contributed by atoms with E-state index in [1.807, 2.05) is 0 Å². The minimum atomic E-state index is -0.471. The highest BCUT2D eigenvalue weighted by atomic mass is 16.3. The molecule has 0 radical (unpaired) electrons. The third-order valence-electron chi connectivity index (χ3n) is 3.50. The van der Waals surface area contributed by atoms with Crippen LogP contribution in [0.1, 0.15) is 20.7 Å². The summed E-state index contributed by atoms with van der Waals surface area (Å²) in [6.45, 7) is 0. The van der Waals surface area contributed by atoms with Crippen LogP contribution in [0.15, 0.2) is 73.1 Å². The number of carbonyl (C=O) groups excluding carboxylic acids is 2. The van der Waals surface area contributed by atoms with Crippen LogP contribution in [0.5, 0.6) is 5.75 Å². The van der Waals surface area contributed by atoms with Gasteiger partial charge in [-0.05, 0) is 36.4 Å². The molecular weight excluding hydrogens is 318 g/mol. The number of nitrogens with one attached hydrogen (secondary N) is 2. The van der Waals surface area contributed by atoms with Crippen LogP contribution in [0.3, 0.4) is 0 Å². The van der Waals surface area contributed by atoms with E-state index in [2.05, 4.69) is 15.6 Å². The Kier molecular flexibility index (Phi) is 4.71. The van der Waals surface area contributed by atoms with Gasteiger partial charge in [0.05, 0.1) is 22.5 Å². The van der Waals surface area contributed by atoms with Gasteiger partial charge in [-0.1, -0.05) is 24.3 Å². The van der Waals surface area contributed by atoms with Crippen LogP contribution in [-0.2, 0) is 0 Å². The molecule has 0 aliphatic heterocycles. The summed E-state index contributed by atoms with van der Waals surface area (Å²) < 4.78 is 0. The molecule has 6 heteroatoms. The van der Waals surface area contributed by atoms with Gasteiger partial charge >= 0.3 is 0 Å². The summed E-state index contributed by atoms with van der Waals surface area (Å²) in [4.78, 5) is 28.5. The maximum absolute atomic E-state index is 12.3. The maximum atomic E-state index is 12.3. The Labute approximate surface area is 144 Å². The number of hydrogen-bond donors (Lipinski definition) is 3. The lowest BCUT2D eigenvalue weighted by Gasteiger charge is -2.12. The zero-order valence-electron chi connectivity index (χ0n) is 13.1. The molecule has 3 N–H and O–H groups in total. The molecule has 25 heavy (non-hydrogen) atoms. The molecule has 124 valence electrons. The summed E-state index contributed by atoms with van der Waals surface area (Å²) in [5.74, 6) is -0.921. The lowest BCUT2D eigenvalue weighted by atomic mass is 10.1. The van der Waals surface area contributed by atoms with Gasteiger partial charge in [0.25, 0.3) is 11.8 Å². The fourth-order valence-corrected chi connectivity index (χ4v) is 2.25. The number of anilines is 2. The molecule has 0 fully saturated rings. The number of hydrogen-bond acceptors (Lipinski definition) is 4. The van der Waals surface area contributed by atoms with Crippen molar-refractivity contribution in [2.75, 3.05) is 10.6 Å². The second-order valence-electron chi connectivity index (χ2n) is 5.21. The number of amides is 2. The molecule has 0 spiro atoms. The van der Waals surface area contributed by atoms with E-state index in [4.69, 9.17) is 0 Å². The molecule has 0 atom stereocenters. The van der Waals surface area contributed by atoms with Crippen LogP contribution in [0, 0.1) is 0 Å². The molecule has 3 rings (SSSR count). The fraction of sp³-hybridized carbons (Fsp3) is 0.